The topological polar surface area (TPSA) is 323 Å². The van der Waals surface area contributed by atoms with E-state index in [1.807, 2.05) is 0 Å². The van der Waals surface area contributed by atoms with Crippen molar-refractivity contribution in [3.63, 3.8) is 0 Å². The molecule has 1 heterocycles. The lowest BCUT2D eigenvalue weighted by Gasteiger charge is -2.42. The Morgan fingerprint density at radius 1 is 0.722 bits per heavy atom. The van der Waals surface area contributed by atoms with E-state index in [0.29, 0.717) is 6.42 Å². The lowest BCUT2D eigenvalue weighted by Crippen LogP contribution is -2.61. The maximum absolute atomic E-state index is 13.1. The molecule has 1 aliphatic heterocycles. The highest BCUT2D eigenvalue weighted by atomic mass is 16.7. The van der Waals surface area contributed by atoms with Gasteiger partial charge in [0.25, 0.3) is 0 Å². The second-order valence-corrected chi connectivity index (χ2v) is 12.3. The Hall–Kier alpha value is -5.38. The van der Waals surface area contributed by atoms with Crippen LogP contribution in [0.1, 0.15) is 67.7 Å². The molecule has 0 aliphatic carbocycles. The molecule has 0 aromatic heterocycles. The third kappa shape index (κ3) is 16.1. The summed E-state index contributed by atoms with van der Waals surface area (Å²) in [5.74, 6) is -8.94. The molecule has 22 nitrogen and oxygen atoms in total. The van der Waals surface area contributed by atoms with Gasteiger partial charge in [-0.1, -0.05) is 20.3 Å². The molecule has 22 heteroatoms. The Morgan fingerprint density at radius 3 is 1.80 bits per heavy atom. The molecule has 0 aromatic carbocycles. The molecule has 304 valence electrons. The number of aliphatic hydroxyl groups excluding tert-OH is 1. The number of nitrogens with one attached hydrogen (secondary N) is 5. The monoisotopic (exact) mass is 774 g/mol. The van der Waals surface area contributed by atoms with Crippen LogP contribution in [0, 0.1) is 5.92 Å². The Labute approximate surface area is 310 Å². The molecule has 6 amide bonds. The number of esters is 4. The van der Waals surface area contributed by atoms with Crippen molar-refractivity contribution in [1.29, 1.82) is 0 Å². The molecule has 1 aliphatic rings. The zero-order chi connectivity index (χ0) is 41.3. The molecule has 0 saturated carbocycles. The fourth-order valence-corrected chi connectivity index (χ4v) is 5.00. The van der Waals surface area contributed by atoms with E-state index < -0.39 is 141 Å². The summed E-state index contributed by atoms with van der Waals surface area (Å²) in [5, 5.41) is 21.3. The number of carbonyl (C=O) groups is 10. The first kappa shape index (κ1) is 46.6. The van der Waals surface area contributed by atoms with Crippen molar-refractivity contribution in [2.75, 3.05) is 19.7 Å². The zero-order valence-electron chi connectivity index (χ0n) is 31.1. The van der Waals surface area contributed by atoms with Gasteiger partial charge in [0, 0.05) is 34.1 Å². The van der Waals surface area contributed by atoms with Gasteiger partial charge in [0.05, 0.1) is 25.8 Å². The van der Waals surface area contributed by atoms with Crippen LogP contribution in [0.2, 0.25) is 0 Å². The van der Waals surface area contributed by atoms with Gasteiger partial charge >= 0.3 is 23.9 Å². The number of nitrogens with two attached hydrogens (primary N) is 1. The zero-order valence-corrected chi connectivity index (χ0v) is 31.1. The molecule has 1 rings (SSSR count). The molecule has 1 fully saturated rings. The standard InChI is InChI=1S/C32H50N6O16/c1-8-14(2)25(31(49)34-11-22(33)44)38-23(45)12-35-29(47)21(13-39)37-30(48)20(36-16(4)40)9-10-24(46)54-32-28(53-19(7)43)27(52-18(6)42)26(15(3)50-32)51-17(5)41/h14-15,20-21,25-28,32,39H,8-13H2,1-7H3,(H2,33,44)(H,34,49)(H,35,47)(H,36,40)(H,37,48)(H,38,45)/t14-,15-,20-,21-,25-,26+,27+,28-,32-/m0/s1. The molecule has 0 radical (unpaired) electrons. The van der Waals surface area contributed by atoms with Crippen LogP contribution < -0.4 is 32.3 Å². The number of hydrogen-bond donors (Lipinski definition) is 7. The smallest absolute Gasteiger partial charge is 0.308 e. The second kappa shape index (κ2) is 22.6. The van der Waals surface area contributed by atoms with Crippen LogP contribution in [0.15, 0.2) is 0 Å². The first-order valence-corrected chi connectivity index (χ1v) is 16.9. The Balaban J connectivity index is 2.97. The highest BCUT2D eigenvalue weighted by molar-refractivity contribution is 5.95. The number of hydrogen-bond acceptors (Lipinski definition) is 16. The van der Waals surface area contributed by atoms with Crippen molar-refractivity contribution in [1.82, 2.24) is 26.6 Å². The van der Waals surface area contributed by atoms with E-state index in [-0.39, 0.29) is 5.92 Å². The molecule has 0 spiro atoms. The van der Waals surface area contributed by atoms with Crippen LogP contribution in [0.3, 0.4) is 0 Å². The lowest BCUT2D eigenvalue weighted by molar-refractivity contribution is -0.293. The maximum Gasteiger partial charge on any atom is 0.308 e. The number of ether oxygens (including phenoxy) is 5. The van der Waals surface area contributed by atoms with Crippen LogP contribution in [-0.4, -0.2) is 133 Å². The predicted molar refractivity (Wildman–Crippen MR) is 180 cm³/mol. The first-order chi connectivity index (χ1) is 25.2. The maximum atomic E-state index is 13.1. The van der Waals surface area contributed by atoms with E-state index in [1.54, 1.807) is 13.8 Å². The Morgan fingerprint density at radius 2 is 1.28 bits per heavy atom. The van der Waals surface area contributed by atoms with Crippen molar-refractivity contribution >= 4 is 59.3 Å². The van der Waals surface area contributed by atoms with Crippen molar-refractivity contribution in [3.05, 3.63) is 0 Å². The van der Waals surface area contributed by atoms with Gasteiger partial charge in [-0.15, -0.1) is 0 Å². The normalized spacial score (nSPS) is 21.3. The van der Waals surface area contributed by atoms with Gasteiger partial charge in [-0.2, -0.15) is 0 Å². The largest absolute Gasteiger partial charge is 0.456 e. The molecule has 54 heavy (non-hydrogen) atoms. The molecule has 1 saturated heterocycles. The molecular weight excluding hydrogens is 724 g/mol. The minimum atomic E-state index is -1.68. The van der Waals surface area contributed by atoms with E-state index in [4.69, 9.17) is 29.4 Å². The summed E-state index contributed by atoms with van der Waals surface area (Å²) in [7, 11) is 0. The minimum absolute atomic E-state index is 0.378. The first-order valence-electron chi connectivity index (χ1n) is 16.9. The fraction of sp³-hybridized carbons (Fsp3) is 0.688. The van der Waals surface area contributed by atoms with E-state index in [2.05, 4.69) is 26.6 Å². The molecule has 0 aromatic rings. The fourth-order valence-electron chi connectivity index (χ4n) is 5.00. The average Bonchev–Trinajstić information content (AvgIpc) is 3.07. The van der Waals surface area contributed by atoms with Crippen LogP contribution in [0.5, 0.6) is 0 Å². The Kier molecular flexibility index (Phi) is 19.6. The van der Waals surface area contributed by atoms with Gasteiger partial charge in [0.1, 0.15) is 18.1 Å². The highest BCUT2D eigenvalue weighted by Crippen LogP contribution is 2.29. The summed E-state index contributed by atoms with van der Waals surface area (Å²) < 4.78 is 26.7. The number of amides is 6. The average molecular weight is 775 g/mol. The SMILES string of the molecule is CC[C@H](C)[C@H](NC(=O)CNC(=O)[C@H](CO)NC(=O)[C@H](CCC(=O)O[C@@H]1O[C@@H](C)[C@@H](OC(C)=O)[C@@H](OC(C)=O)[C@@H]1OC(C)=O)NC(C)=O)C(=O)NCC(N)=O. The Bertz CT molecular complexity index is 1410. The molecule has 8 N–H and O–H groups in total. The predicted octanol–water partition coefficient (Wildman–Crippen LogP) is -3.92. The summed E-state index contributed by atoms with van der Waals surface area (Å²) in [6, 6.07) is -4.18. The van der Waals surface area contributed by atoms with Gasteiger partial charge in [-0.25, -0.2) is 0 Å². The minimum Gasteiger partial charge on any atom is -0.456 e. The second-order valence-electron chi connectivity index (χ2n) is 12.3. The molecular formula is C32H50N6O16. The van der Waals surface area contributed by atoms with Gasteiger partial charge < -0.3 is 61.1 Å². The van der Waals surface area contributed by atoms with E-state index in [0.717, 1.165) is 27.7 Å². The third-order valence-corrected chi connectivity index (χ3v) is 7.70. The van der Waals surface area contributed by atoms with Crippen molar-refractivity contribution < 1.29 is 76.7 Å². The summed E-state index contributed by atoms with van der Waals surface area (Å²) in [6.45, 7) is 6.99. The summed E-state index contributed by atoms with van der Waals surface area (Å²) in [5.41, 5.74) is 5.05. The van der Waals surface area contributed by atoms with Crippen molar-refractivity contribution in [2.24, 2.45) is 11.7 Å². The molecule has 9 atom stereocenters. The summed E-state index contributed by atoms with van der Waals surface area (Å²) in [6.07, 6.45) is -7.55. The quantitative estimate of drug-likeness (QED) is 0.0459. The summed E-state index contributed by atoms with van der Waals surface area (Å²) in [4.78, 5) is 122. The van der Waals surface area contributed by atoms with Gasteiger partial charge in [0.2, 0.25) is 47.8 Å². The lowest BCUT2D eigenvalue weighted by atomic mass is 9.98. The summed E-state index contributed by atoms with van der Waals surface area (Å²) >= 11 is 0. The number of carbonyl (C=O) groups excluding carboxylic acids is 10. The number of aliphatic hydroxyl groups is 1. The van der Waals surface area contributed by atoms with Crippen LogP contribution in [0.4, 0.5) is 0 Å². The number of rotatable bonds is 20. The van der Waals surface area contributed by atoms with Crippen molar-refractivity contribution in [2.45, 2.75) is 117 Å². The van der Waals surface area contributed by atoms with E-state index in [1.165, 1.54) is 6.92 Å². The highest BCUT2D eigenvalue weighted by Gasteiger charge is 2.52. The van der Waals surface area contributed by atoms with E-state index >= 15 is 0 Å². The van der Waals surface area contributed by atoms with Crippen LogP contribution in [0.25, 0.3) is 0 Å². The number of primary amides is 1. The van der Waals surface area contributed by atoms with Crippen LogP contribution in [-0.2, 0) is 71.6 Å². The van der Waals surface area contributed by atoms with Gasteiger partial charge in [0.15, 0.2) is 12.2 Å². The van der Waals surface area contributed by atoms with Gasteiger partial charge in [-0.05, 0) is 19.3 Å². The van der Waals surface area contributed by atoms with E-state index in [9.17, 15) is 53.1 Å². The van der Waals surface area contributed by atoms with Gasteiger partial charge in [-0.3, -0.25) is 47.9 Å². The molecule has 0 bridgehead atoms. The van der Waals surface area contributed by atoms with Crippen LogP contribution >= 0.6 is 0 Å². The third-order valence-electron chi connectivity index (χ3n) is 7.70. The van der Waals surface area contributed by atoms with Crippen molar-refractivity contribution in [3.8, 4) is 0 Å². The molecule has 0 unspecified atom stereocenters.